The van der Waals surface area contributed by atoms with Gasteiger partial charge in [0.05, 0.1) is 6.54 Å². The standard InChI is InChI=1S/C21H21N3O/c1-14-3-6-16(7-4-14)21-10-18(25-24-21)13-22-11-17-12-23-20-8-5-15(2)9-19(17)20/h3-10,12,22-23H,11,13H2,1-2H3. The van der Waals surface area contributed by atoms with Gasteiger partial charge in [-0.05, 0) is 31.5 Å². The molecule has 4 heteroatoms. The third kappa shape index (κ3) is 3.35. The molecule has 0 aliphatic heterocycles. The zero-order chi connectivity index (χ0) is 17.2. The highest BCUT2D eigenvalue weighted by atomic mass is 16.5. The Balaban J connectivity index is 1.42. The van der Waals surface area contributed by atoms with Gasteiger partial charge < -0.3 is 14.8 Å². The van der Waals surface area contributed by atoms with Crippen molar-refractivity contribution < 1.29 is 4.52 Å². The SMILES string of the molecule is Cc1ccc(-c2cc(CNCc3c[nH]c4ccc(C)cc34)on2)cc1. The Morgan fingerprint density at radius 3 is 2.60 bits per heavy atom. The van der Waals surface area contributed by atoms with Crippen molar-refractivity contribution >= 4 is 10.9 Å². The van der Waals surface area contributed by atoms with E-state index in [0.717, 1.165) is 23.6 Å². The lowest BCUT2D eigenvalue weighted by atomic mass is 10.1. The van der Waals surface area contributed by atoms with Crippen molar-refractivity contribution in [1.29, 1.82) is 0 Å². The summed E-state index contributed by atoms with van der Waals surface area (Å²) < 4.78 is 5.46. The first-order valence-electron chi connectivity index (χ1n) is 8.49. The third-order valence-corrected chi connectivity index (χ3v) is 4.44. The van der Waals surface area contributed by atoms with Crippen LogP contribution < -0.4 is 5.32 Å². The lowest BCUT2D eigenvalue weighted by Gasteiger charge is -2.01. The molecule has 0 saturated heterocycles. The molecule has 0 bridgehead atoms. The first-order valence-corrected chi connectivity index (χ1v) is 8.49. The largest absolute Gasteiger partial charge is 0.361 e. The maximum atomic E-state index is 5.46. The van der Waals surface area contributed by atoms with Gasteiger partial charge in [-0.3, -0.25) is 0 Å². The number of H-pyrrole nitrogens is 1. The molecule has 2 N–H and O–H groups in total. The summed E-state index contributed by atoms with van der Waals surface area (Å²) in [4.78, 5) is 3.32. The van der Waals surface area contributed by atoms with E-state index in [1.807, 2.05) is 6.07 Å². The Morgan fingerprint density at radius 2 is 1.76 bits per heavy atom. The van der Waals surface area contributed by atoms with E-state index in [1.54, 1.807) is 0 Å². The van der Waals surface area contributed by atoms with Crippen molar-refractivity contribution in [2.24, 2.45) is 0 Å². The van der Waals surface area contributed by atoms with Crippen LogP contribution in [0.15, 0.2) is 59.3 Å². The molecule has 0 atom stereocenters. The topological polar surface area (TPSA) is 53.9 Å². The van der Waals surface area contributed by atoms with Crippen molar-refractivity contribution in [3.63, 3.8) is 0 Å². The highest BCUT2D eigenvalue weighted by Gasteiger charge is 2.07. The zero-order valence-electron chi connectivity index (χ0n) is 14.5. The predicted octanol–water partition coefficient (Wildman–Crippen LogP) is 4.73. The maximum Gasteiger partial charge on any atom is 0.151 e. The fraction of sp³-hybridized carbons (Fsp3) is 0.190. The molecule has 4 aromatic rings. The minimum Gasteiger partial charge on any atom is -0.361 e. The van der Waals surface area contributed by atoms with E-state index < -0.39 is 0 Å². The molecule has 0 aliphatic rings. The zero-order valence-corrected chi connectivity index (χ0v) is 14.5. The minimum absolute atomic E-state index is 0.650. The second kappa shape index (κ2) is 6.57. The van der Waals surface area contributed by atoms with E-state index in [9.17, 15) is 0 Å². The molecule has 126 valence electrons. The Hall–Kier alpha value is -2.85. The third-order valence-electron chi connectivity index (χ3n) is 4.44. The summed E-state index contributed by atoms with van der Waals surface area (Å²) >= 11 is 0. The molecular weight excluding hydrogens is 310 g/mol. The number of rotatable bonds is 5. The molecule has 0 fully saturated rings. The number of aryl methyl sites for hydroxylation is 2. The van der Waals surface area contributed by atoms with Gasteiger partial charge in [0, 0.05) is 35.3 Å². The van der Waals surface area contributed by atoms with E-state index in [4.69, 9.17) is 4.52 Å². The number of benzene rings is 2. The summed E-state index contributed by atoms with van der Waals surface area (Å²) in [5.74, 6) is 0.839. The number of hydrogen-bond acceptors (Lipinski definition) is 3. The summed E-state index contributed by atoms with van der Waals surface area (Å²) in [7, 11) is 0. The van der Waals surface area contributed by atoms with Gasteiger partial charge in [0.1, 0.15) is 5.69 Å². The molecule has 0 spiro atoms. The van der Waals surface area contributed by atoms with E-state index >= 15 is 0 Å². The molecule has 0 saturated carbocycles. The highest BCUT2D eigenvalue weighted by molar-refractivity contribution is 5.83. The first kappa shape index (κ1) is 15.7. The van der Waals surface area contributed by atoms with Gasteiger partial charge in [-0.25, -0.2) is 0 Å². The van der Waals surface area contributed by atoms with Crippen LogP contribution in [-0.2, 0) is 13.1 Å². The lowest BCUT2D eigenvalue weighted by molar-refractivity contribution is 0.374. The molecule has 0 aliphatic carbocycles. The van der Waals surface area contributed by atoms with Gasteiger partial charge >= 0.3 is 0 Å². The Morgan fingerprint density at radius 1 is 0.960 bits per heavy atom. The fourth-order valence-electron chi connectivity index (χ4n) is 3.02. The van der Waals surface area contributed by atoms with Crippen LogP contribution in [0.25, 0.3) is 22.2 Å². The summed E-state index contributed by atoms with van der Waals surface area (Å²) in [6.45, 7) is 5.63. The highest BCUT2D eigenvalue weighted by Crippen LogP contribution is 2.21. The van der Waals surface area contributed by atoms with Crippen molar-refractivity contribution in [1.82, 2.24) is 15.5 Å². The summed E-state index contributed by atoms with van der Waals surface area (Å²) in [6, 6.07) is 16.8. The van der Waals surface area contributed by atoms with Crippen LogP contribution in [0.4, 0.5) is 0 Å². The maximum absolute atomic E-state index is 5.46. The molecule has 2 aromatic carbocycles. The summed E-state index contributed by atoms with van der Waals surface area (Å²) in [5, 5.41) is 8.88. The Labute approximate surface area is 146 Å². The van der Waals surface area contributed by atoms with Gasteiger partial charge in [-0.1, -0.05) is 46.6 Å². The van der Waals surface area contributed by atoms with Crippen LogP contribution in [0, 0.1) is 13.8 Å². The summed E-state index contributed by atoms with van der Waals surface area (Å²) in [6.07, 6.45) is 2.06. The molecule has 25 heavy (non-hydrogen) atoms. The normalized spacial score (nSPS) is 11.3. The predicted molar refractivity (Wildman–Crippen MR) is 100 cm³/mol. The monoisotopic (exact) mass is 331 g/mol. The number of aromatic nitrogens is 2. The van der Waals surface area contributed by atoms with Crippen molar-refractivity contribution in [3.05, 3.63) is 77.2 Å². The quantitative estimate of drug-likeness (QED) is 0.556. The van der Waals surface area contributed by atoms with Crippen LogP contribution in [0.3, 0.4) is 0 Å². The molecule has 0 amide bonds. The number of aromatic amines is 1. The number of fused-ring (bicyclic) bond motifs is 1. The van der Waals surface area contributed by atoms with Crippen LogP contribution in [-0.4, -0.2) is 10.1 Å². The van der Waals surface area contributed by atoms with Crippen molar-refractivity contribution in [3.8, 4) is 11.3 Å². The number of hydrogen-bond donors (Lipinski definition) is 2. The van der Waals surface area contributed by atoms with Crippen LogP contribution in [0.1, 0.15) is 22.5 Å². The smallest absolute Gasteiger partial charge is 0.151 e. The van der Waals surface area contributed by atoms with Gasteiger partial charge in [-0.2, -0.15) is 0 Å². The van der Waals surface area contributed by atoms with E-state index in [0.29, 0.717) is 6.54 Å². The molecule has 4 nitrogen and oxygen atoms in total. The van der Waals surface area contributed by atoms with Crippen molar-refractivity contribution in [2.75, 3.05) is 0 Å². The minimum atomic E-state index is 0.650. The van der Waals surface area contributed by atoms with Crippen LogP contribution in [0.2, 0.25) is 0 Å². The second-order valence-electron chi connectivity index (χ2n) is 6.51. The molecular formula is C21H21N3O. The van der Waals surface area contributed by atoms with E-state index in [2.05, 4.69) is 78.0 Å². The summed E-state index contributed by atoms with van der Waals surface area (Å²) in [5.41, 5.74) is 6.89. The van der Waals surface area contributed by atoms with E-state index in [-0.39, 0.29) is 0 Å². The molecule has 0 radical (unpaired) electrons. The average Bonchev–Trinajstić information content (AvgIpc) is 3.23. The van der Waals surface area contributed by atoms with Gasteiger partial charge in [0.25, 0.3) is 0 Å². The van der Waals surface area contributed by atoms with Gasteiger partial charge in [0.2, 0.25) is 0 Å². The number of nitrogens with one attached hydrogen (secondary N) is 2. The molecule has 2 aromatic heterocycles. The molecule has 4 rings (SSSR count). The average molecular weight is 331 g/mol. The second-order valence-corrected chi connectivity index (χ2v) is 6.51. The van der Waals surface area contributed by atoms with Crippen LogP contribution in [0.5, 0.6) is 0 Å². The van der Waals surface area contributed by atoms with E-state index in [1.165, 1.54) is 27.6 Å². The number of nitrogens with zero attached hydrogens (tertiary/aromatic N) is 1. The fourth-order valence-corrected chi connectivity index (χ4v) is 3.02. The Bertz CT molecular complexity index is 996. The van der Waals surface area contributed by atoms with Gasteiger partial charge in [-0.15, -0.1) is 0 Å². The van der Waals surface area contributed by atoms with Crippen molar-refractivity contribution in [2.45, 2.75) is 26.9 Å². The van der Waals surface area contributed by atoms with Crippen LogP contribution >= 0.6 is 0 Å². The first-order chi connectivity index (χ1) is 12.2. The Kier molecular flexibility index (Phi) is 4.12. The molecule has 0 unspecified atom stereocenters. The molecule has 2 heterocycles. The van der Waals surface area contributed by atoms with Gasteiger partial charge in [0.15, 0.2) is 5.76 Å². The lowest BCUT2D eigenvalue weighted by Crippen LogP contribution is -2.11.